The number of nitrogens with one attached hydrogen (secondary N) is 2. The first kappa shape index (κ1) is 17.2. The van der Waals surface area contributed by atoms with Crippen LogP contribution < -0.4 is 16.2 Å². The van der Waals surface area contributed by atoms with Crippen LogP contribution in [0.1, 0.15) is 40.0 Å². The SMILES string of the molecule is CNC(=O)c1ccc(-n2c(=O)c3c(n4ncc(CC5CC5)c24)CNCC3)cc1. The lowest BCUT2D eigenvalue weighted by atomic mass is 10.1. The largest absolute Gasteiger partial charge is 0.355 e. The highest BCUT2D eigenvalue weighted by Crippen LogP contribution is 2.34. The minimum atomic E-state index is -0.140. The molecule has 0 saturated heterocycles. The van der Waals surface area contributed by atoms with Crippen molar-refractivity contribution in [2.24, 2.45) is 5.92 Å². The second-order valence-electron chi connectivity index (χ2n) is 7.67. The molecule has 3 aromatic rings. The highest BCUT2D eigenvalue weighted by molar-refractivity contribution is 5.94. The molecule has 0 radical (unpaired) electrons. The van der Waals surface area contributed by atoms with Crippen LogP contribution in [-0.2, 0) is 19.4 Å². The van der Waals surface area contributed by atoms with E-state index in [4.69, 9.17) is 0 Å². The number of hydrogen-bond acceptors (Lipinski definition) is 4. The van der Waals surface area contributed by atoms with Crippen LogP contribution in [0.5, 0.6) is 0 Å². The van der Waals surface area contributed by atoms with Gasteiger partial charge in [0.2, 0.25) is 0 Å². The third-order valence-electron chi connectivity index (χ3n) is 5.76. The van der Waals surface area contributed by atoms with E-state index in [0.717, 1.165) is 41.1 Å². The Morgan fingerprint density at radius 3 is 2.79 bits per heavy atom. The van der Waals surface area contributed by atoms with Gasteiger partial charge in [-0.25, -0.2) is 4.52 Å². The summed E-state index contributed by atoms with van der Waals surface area (Å²) in [5, 5.41) is 10.6. The van der Waals surface area contributed by atoms with Crippen LogP contribution in [0.3, 0.4) is 0 Å². The number of carbonyl (C=O) groups excluding carboxylic acids is 1. The van der Waals surface area contributed by atoms with Crippen molar-refractivity contribution in [3.05, 3.63) is 63.2 Å². The Morgan fingerprint density at radius 1 is 1.29 bits per heavy atom. The molecule has 0 atom stereocenters. The molecule has 1 aliphatic carbocycles. The number of hydrogen-bond donors (Lipinski definition) is 2. The van der Waals surface area contributed by atoms with Crippen molar-refractivity contribution in [2.75, 3.05) is 13.6 Å². The quantitative estimate of drug-likeness (QED) is 0.721. The van der Waals surface area contributed by atoms with Crippen LogP contribution in [0.15, 0.2) is 35.3 Å². The van der Waals surface area contributed by atoms with Gasteiger partial charge in [-0.3, -0.25) is 14.2 Å². The molecule has 7 heteroatoms. The molecule has 2 N–H and O–H groups in total. The van der Waals surface area contributed by atoms with Gasteiger partial charge < -0.3 is 10.6 Å². The molecule has 1 aromatic carbocycles. The predicted octanol–water partition coefficient (Wildman–Crippen LogP) is 1.44. The molecule has 144 valence electrons. The fourth-order valence-corrected chi connectivity index (χ4v) is 4.07. The summed E-state index contributed by atoms with van der Waals surface area (Å²) in [6.07, 6.45) is 6.05. The maximum absolute atomic E-state index is 13.5. The molecule has 7 nitrogen and oxygen atoms in total. The lowest BCUT2D eigenvalue weighted by molar-refractivity contribution is 0.0963. The normalized spacial score (nSPS) is 16.2. The highest BCUT2D eigenvalue weighted by atomic mass is 16.1. The molecule has 0 spiro atoms. The van der Waals surface area contributed by atoms with E-state index in [1.807, 2.05) is 22.8 Å². The van der Waals surface area contributed by atoms with E-state index in [1.165, 1.54) is 12.8 Å². The molecule has 0 unspecified atom stereocenters. The molecule has 1 amide bonds. The van der Waals surface area contributed by atoms with E-state index in [1.54, 1.807) is 23.7 Å². The van der Waals surface area contributed by atoms with Crippen LogP contribution in [0, 0.1) is 5.92 Å². The fourth-order valence-electron chi connectivity index (χ4n) is 4.07. The van der Waals surface area contributed by atoms with Gasteiger partial charge in [-0.1, -0.05) is 0 Å². The second-order valence-corrected chi connectivity index (χ2v) is 7.67. The van der Waals surface area contributed by atoms with Gasteiger partial charge in [-0.2, -0.15) is 5.10 Å². The lowest BCUT2D eigenvalue weighted by Gasteiger charge is -2.21. The van der Waals surface area contributed by atoms with Crippen molar-refractivity contribution < 1.29 is 4.79 Å². The zero-order valence-corrected chi connectivity index (χ0v) is 15.9. The number of amides is 1. The van der Waals surface area contributed by atoms with Crippen molar-refractivity contribution >= 4 is 11.6 Å². The number of benzene rings is 1. The Morgan fingerprint density at radius 2 is 2.07 bits per heavy atom. The average molecular weight is 377 g/mol. The van der Waals surface area contributed by atoms with Gasteiger partial charge in [0.15, 0.2) is 0 Å². The summed E-state index contributed by atoms with van der Waals surface area (Å²) in [4.78, 5) is 25.3. The Kier molecular flexibility index (Phi) is 4.05. The number of nitrogens with zero attached hydrogens (tertiary/aromatic N) is 3. The Hall–Kier alpha value is -2.93. The smallest absolute Gasteiger partial charge is 0.261 e. The summed E-state index contributed by atoms with van der Waals surface area (Å²) in [6.45, 7) is 1.45. The fraction of sp³-hybridized carbons (Fsp3) is 0.381. The number of aromatic nitrogens is 3. The van der Waals surface area contributed by atoms with Gasteiger partial charge in [-0.05, 0) is 62.4 Å². The zero-order valence-electron chi connectivity index (χ0n) is 15.9. The van der Waals surface area contributed by atoms with Gasteiger partial charge >= 0.3 is 0 Å². The Bertz CT molecular complexity index is 1120. The number of rotatable bonds is 4. The van der Waals surface area contributed by atoms with Gasteiger partial charge in [0.1, 0.15) is 5.65 Å². The zero-order chi connectivity index (χ0) is 19.3. The summed E-state index contributed by atoms with van der Waals surface area (Å²) < 4.78 is 3.72. The van der Waals surface area contributed by atoms with Crippen molar-refractivity contribution in [1.82, 2.24) is 24.8 Å². The van der Waals surface area contributed by atoms with Crippen LogP contribution in [-0.4, -0.2) is 33.7 Å². The molecule has 3 heterocycles. The molecule has 28 heavy (non-hydrogen) atoms. The highest BCUT2D eigenvalue weighted by Gasteiger charge is 2.27. The maximum atomic E-state index is 13.5. The summed E-state index contributed by atoms with van der Waals surface area (Å²) in [5.74, 6) is 0.556. The molecule has 2 aromatic heterocycles. The number of carbonyl (C=O) groups is 1. The van der Waals surface area contributed by atoms with Crippen LogP contribution in [0.2, 0.25) is 0 Å². The van der Waals surface area contributed by atoms with E-state index >= 15 is 0 Å². The van der Waals surface area contributed by atoms with E-state index in [9.17, 15) is 9.59 Å². The van der Waals surface area contributed by atoms with Crippen molar-refractivity contribution in [2.45, 2.75) is 32.2 Å². The maximum Gasteiger partial charge on any atom is 0.261 e. The summed E-state index contributed by atoms with van der Waals surface area (Å²) in [5.41, 5.74) is 5.12. The van der Waals surface area contributed by atoms with Gasteiger partial charge in [0, 0.05) is 30.3 Å². The van der Waals surface area contributed by atoms with E-state index in [2.05, 4.69) is 15.7 Å². The standard InChI is InChI=1S/C21H23N5O2/c1-22-19(27)14-4-6-16(7-5-14)25-20-15(10-13-2-3-13)11-24-26(20)18-12-23-9-8-17(18)21(25)28/h4-7,11,13,23H,2-3,8-10,12H2,1H3,(H,22,27). The topological polar surface area (TPSA) is 80.4 Å². The van der Waals surface area contributed by atoms with E-state index in [-0.39, 0.29) is 11.5 Å². The summed E-state index contributed by atoms with van der Waals surface area (Å²) >= 11 is 0. The predicted molar refractivity (Wildman–Crippen MR) is 106 cm³/mol. The van der Waals surface area contributed by atoms with Crippen molar-refractivity contribution in [1.29, 1.82) is 0 Å². The molecule has 1 fully saturated rings. The average Bonchev–Trinajstić information content (AvgIpc) is 3.46. The minimum Gasteiger partial charge on any atom is -0.355 e. The van der Waals surface area contributed by atoms with E-state index < -0.39 is 0 Å². The molecular formula is C21H23N5O2. The molecule has 5 rings (SSSR count). The van der Waals surface area contributed by atoms with Crippen LogP contribution in [0.25, 0.3) is 11.3 Å². The summed E-state index contributed by atoms with van der Waals surface area (Å²) in [6, 6.07) is 7.20. The molecule has 1 saturated carbocycles. The van der Waals surface area contributed by atoms with Crippen LogP contribution in [0.4, 0.5) is 0 Å². The van der Waals surface area contributed by atoms with Gasteiger partial charge in [0.25, 0.3) is 11.5 Å². The summed E-state index contributed by atoms with van der Waals surface area (Å²) in [7, 11) is 1.61. The lowest BCUT2D eigenvalue weighted by Crippen LogP contribution is -2.35. The van der Waals surface area contributed by atoms with Crippen molar-refractivity contribution in [3.8, 4) is 5.69 Å². The first-order chi connectivity index (χ1) is 13.7. The third kappa shape index (κ3) is 2.74. The first-order valence-corrected chi connectivity index (χ1v) is 9.84. The molecule has 0 bridgehead atoms. The number of fused-ring (bicyclic) bond motifs is 3. The monoisotopic (exact) mass is 377 g/mol. The molecule has 1 aliphatic heterocycles. The first-order valence-electron chi connectivity index (χ1n) is 9.84. The van der Waals surface area contributed by atoms with Crippen molar-refractivity contribution in [3.63, 3.8) is 0 Å². The van der Waals surface area contributed by atoms with Gasteiger partial charge in [0.05, 0.1) is 17.6 Å². The second kappa shape index (κ2) is 6.60. The minimum absolute atomic E-state index is 0.0224. The van der Waals surface area contributed by atoms with Crippen LogP contribution >= 0.6 is 0 Å². The molecular weight excluding hydrogens is 354 g/mol. The third-order valence-corrected chi connectivity index (χ3v) is 5.76. The van der Waals surface area contributed by atoms with Gasteiger partial charge in [-0.15, -0.1) is 0 Å². The Balaban J connectivity index is 1.74. The molecule has 2 aliphatic rings. The van der Waals surface area contributed by atoms with E-state index in [0.29, 0.717) is 24.4 Å². The Labute approximate surface area is 162 Å².